The van der Waals surface area contributed by atoms with Gasteiger partial charge in [0.25, 0.3) is 11.6 Å². The van der Waals surface area contributed by atoms with E-state index in [2.05, 4.69) is 6.07 Å². The van der Waals surface area contributed by atoms with E-state index in [-0.39, 0.29) is 23.1 Å². The van der Waals surface area contributed by atoms with Crippen LogP contribution in [0.4, 0.5) is 11.4 Å². The van der Waals surface area contributed by atoms with Crippen molar-refractivity contribution in [1.29, 1.82) is 5.26 Å². The maximum absolute atomic E-state index is 11.9. The van der Waals surface area contributed by atoms with Gasteiger partial charge in [0.15, 0.2) is 0 Å². The first-order chi connectivity index (χ1) is 9.77. The molecule has 7 heteroatoms. The Morgan fingerprint density at radius 3 is 2.52 bits per heavy atom. The van der Waals surface area contributed by atoms with Crippen molar-refractivity contribution in [1.82, 2.24) is 4.90 Å². The van der Waals surface area contributed by atoms with Gasteiger partial charge < -0.3 is 9.80 Å². The van der Waals surface area contributed by atoms with Crippen LogP contribution in [0.1, 0.15) is 17.3 Å². The highest BCUT2D eigenvalue weighted by atomic mass is 16.6. The van der Waals surface area contributed by atoms with Gasteiger partial charge >= 0.3 is 0 Å². The van der Waals surface area contributed by atoms with Gasteiger partial charge in [-0.25, -0.2) is 0 Å². The van der Waals surface area contributed by atoms with Crippen molar-refractivity contribution >= 4 is 17.3 Å². The molecule has 0 aliphatic carbocycles. The molecule has 0 saturated carbocycles. The van der Waals surface area contributed by atoms with Crippen molar-refractivity contribution in [2.24, 2.45) is 5.92 Å². The maximum atomic E-state index is 11.9. The highest BCUT2D eigenvalue weighted by Gasteiger charge is 2.21. The first-order valence-electron chi connectivity index (χ1n) is 6.38. The van der Waals surface area contributed by atoms with Gasteiger partial charge in [-0.2, -0.15) is 5.26 Å². The summed E-state index contributed by atoms with van der Waals surface area (Å²) >= 11 is 0. The molecule has 21 heavy (non-hydrogen) atoms. The van der Waals surface area contributed by atoms with Crippen molar-refractivity contribution in [3.05, 3.63) is 33.9 Å². The van der Waals surface area contributed by atoms with E-state index in [1.54, 1.807) is 45.1 Å². The lowest BCUT2D eigenvalue weighted by molar-refractivity contribution is -0.384. The molecule has 112 valence electrons. The van der Waals surface area contributed by atoms with Crippen LogP contribution in [-0.2, 0) is 0 Å². The normalized spacial score (nSPS) is 11.4. The molecule has 1 aromatic rings. The average molecular weight is 290 g/mol. The number of amides is 1. The van der Waals surface area contributed by atoms with Crippen molar-refractivity contribution < 1.29 is 9.72 Å². The minimum atomic E-state index is -0.519. The molecule has 1 aromatic carbocycles. The second-order valence-corrected chi connectivity index (χ2v) is 5.07. The van der Waals surface area contributed by atoms with Crippen LogP contribution in [0.5, 0.6) is 0 Å². The van der Waals surface area contributed by atoms with E-state index < -0.39 is 4.92 Å². The summed E-state index contributed by atoms with van der Waals surface area (Å²) < 4.78 is 0. The predicted octanol–water partition coefficient (Wildman–Crippen LogP) is 1.89. The van der Waals surface area contributed by atoms with Crippen LogP contribution in [0.15, 0.2) is 18.2 Å². The molecule has 0 fully saturated rings. The summed E-state index contributed by atoms with van der Waals surface area (Å²) in [6.45, 7) is 2.12. The van der Waals surface area contributed by atoms with Crippen molar-refractivity contribution in [3.63, 3.8) is 0 Å². The summed E-state index contributed by atoms with van der Waals surface area (Å²) in [5.41, 5.74) is 0.505. The lowest BCUT2D eigenvalue weighted by Crippen LogP contribution is -2.25. The van der Waals surface area contributed by atoms with E-state index in [0.717, 1.165) is 0 Å². The maximum Gasteiger partial charge on any atom is 0.293 e. The molecule has 0 saturated heterocycles. The Morgan fingerprint density at radius 2 is 2.05 bits per heavy atom. The highest BCUT2D eigenvalue weighted by Crippen LogP contribution is 2.29. The van der Waals surface area contributed by atoms with Gasteiger partial charge in [-0.15, -0.1) is 0 Å². The van der Waals surface area contributed by atoms with Gasteiger partial charge in [0, 0.05) is 39.3 Å². The van der Waals surface area contributed by atoms with Crippen LogP contribution in [0.3, 0.4) is 0 Å². The van der Waals surface area contributed by atoms with Crippen molar-refractivity contribution in [3.8, 4) is 6.07 Å². The first-order valence-corrected chi connectivity index (χ1v) is 6.38. The number of anilines is 1. The van der Waals surface area contributed by atoms with Crippen LogP contribution in [0.2, 0.25) is 0 Å². The zero-order valence-electron chi connectivity index (χ0n) is 12.5. The highest BCUT2D eigenvalue weighted by molar-refractivity contribution is 5.95. The molecule has 1 atom stereocenters. The van der Waals surface area contributed by atoms with Gasteiger partial charge in [-0.3, -0.25) is 14.9 Å². The molecule has 1 amide bonds. The molecule has 0 radical (unpaired) electrons. The molecule has 0 aromatic heterocycles. The average Bonchev–Trinajstić information content (AvgIpc) is 2.45. The van der Waals surface area contributed by atoms with Crippen LogP contribution in [0.25, 0.3) is 0 Å². The standard InChI is InChI=1S/C14H18N4O3/c1-10(8-15)9-17(4)12-6-5-11(14(19)16(2)3)7-13(12)18(20)21/h5-7,10H,9H2,1-4H3. The van der Waals surface area contributed by atoms with E-state index in [0.29, 0.717) is 12.2 Å². The lowest BCUT2D eigenvalue weighted by atomic mass is 10.1. The Balaban J connectivity index is 3.20. The van der Waals surface area contributed by atoms with E-state index >= 15 is 0 Å². The molecule has 0 N–H and O–H groups in total. The summed E-state index contributed by atoms with van der Waals surface area (Å²) in [5, 5.41) is 20.0. The molecule has 1 rings (SSSR count). The molecule has 0 aliphatic rings. The summed E-state index contributed by atoms with van der Waals surface area (Å²) in [4.78, 5) is 25.6. The van der Waals surface area contributed by atoms with Gasteiger partial charge in [-0.05, 0) is 19.1 Å². The minimum Gasteiger partial charge on any atom is -0.368 e. The summed E-state index contributed by atoms with van der Waals surface area (Å²) in [7, 11) is 4.86. The third-order valence-electron chi connectivity index (χ3n) is 3.00. The molecule has 0 spiro atoms. The second-order valence-electron chi connectivity index (χ2n) is 5.07. The van der Waals surface area contributed by atoms with Gasteiger partial charge in [0.2, 0.25) is 0 Å². The fraction of sp³-hybridized carbons (Fsp3) is 0.429. The number of nitriles is 1. The number of nitrogens with zero attached hydrogens (tertiary/aromatic N) is 4. The van der Waals surface area contributed by atoms with Crippen LogP contribution >= 0.6 is 0 Å². The Bertz CT molecular complexity index is 592. The minimum absolute atomic E-state index is 0.143. The molecule has 0 aliphatic heterocycles. The fourth-order valence-electron chi connectivity index (χ4n) is 1.93. The van der Waals surface area contributed by atoms with Crippen molar-refractivity contribution in [2.45, 2.75) is 6.92 Å². The summed E-state index contributed by atoms with van der Waals surface area (Å²) in [5.74, 6) is -0.546. The summed E-state index contributed by atoms with van der Waals surface area (Å²) in [6, 6.07) is 6.45. The van der Waals surface area contributed by atoms with E-state index in [1.807, 2.05) is 0 Å². The lowest BCUT2D eigenvalue weighted by Gasteiger charge is -2.20. The smallest absolute Gasteiger partial charge is 0.293 e. The predicted molar refractivity (Wildman–Crippen MR) is 79.2 cm³/mol. The largest absolute Gasteiger partial charge is 0.368 e. The number of nitro groups is 1. The molecule has 7 nitrogen and oxygen atoms in total. The number of carbonyl (C=O) groups is 1. The molecular weight excluding hydrogens is 272 g/mol. The zero-order valence-corrected chi connectivity index (χ0v) is 12.5. The number of hydrogen-bond acceptors (Lipinski definition) is 5. The SMILES string of the molecule is CC(C#N)CN(C)c1ccc(C(=O)N(C)C)cc1[N+](=O)[O-]. The number of hydrogen-bond donors (Lipinski definition) is 0. The monoisotopic (exact) mass is 290 g/mol. The van der Waals surface area contributed by atoms with Gasteiger partial charge in [0.05, 0.1) is 16.9 Å². The topological polar surface area (TPSA) is 90.5 Å². The Kier molecular flexibility index (Phi) is 5.24. The third kappa shape index (κ3) is 3.92. The van der Waals surface area contributed by atoms with Crippen LogP contribution < -0.4 is 4.90 Å². The van der Waals surface area contributed by atoms with Gasteiger partial charge in [0.1, 0.15) is 5.69 Å². The molecule has 1 unspecified atom stereocenters. The molecule has 0 heterocycles. The number of carbonyl (C=O) groups excluding carboxylic acids is 1. The Labute approximate surface area is 123 Å². The van der Waals surface area contributed by atoms with Crippen LogP contribution in [-0.4, -0.2) is 43.4 Å². The van der Waals surface area contributed by atoms with Gasteiger partial charge in [-0.1, -0.05) is 0 Å². The fourth-order valence-corrected chi connectivity index (χ4v) is 1.93. The van der Waals surface area contributed by atoms with E-state index in [9.17, 15) is 14.9 Å². The number of benzene rings is 1. The number of rotatable bonds is 5. The Morgan fingerprint density at radius 1 is 1.43 bits per heavy atom. The zero-order chi connectivity index (χ0) is 16.2. The summed E-state index contributed by atoms with van der Waals surface area (Å²) in [6.07, 6.45) is 0. The quantitative estimate of drug-likeness (QED) is 0.610. The molecular formula is C14H18N4O3. The molecule has 0 bridgehead atoms. The Hall–Kier alpha value is -2.62. The van der Waals surface area contributed by atoms with E-state index in [4.69, 9.17) is 5.26 Å². The van der Waals surface area contributed by atoms with Crippen molar-refractivity contribution in [2.75, 3.05) is 32.6 Å². The van der Waals surface area contributed by atoms with Crippen LogP contribution in [0, 0.1) is 27.4 Å². The second kappa shape index (κ2) is 6.70. The number of nitro benzene ring substituents is 1. The first kappa shape index (κ1) is 16.4. The van der Waals surface area contributed by atoms with E-state index in [1.165, 1.54) is 11.0 Å². The third-order valence-corrected chi connectivity index (χ3v) is 3.00.